The highest BCUT2D eigenvalue weighted by Crippen LogP contribution is 2.13. The average Bonchev–Trinajstić information content (AvgIpc) is 2.81. The average molecular weight is 426 g/mol. The zero-order valence-electron chi connectivity index (χ0n) is 18.1. The fraction of sp³-hybridized carbons (Fsp3) is 0.417. The van der Waals surface area contributed by atoms with Crippen LogP contribution in [0.5, 0.6) is 5.75 Å². The Morgan fingerprint density at radius 2 is 1.77 bits per heavy atom. The minimum absolute atomic E-state index is 0.00392. The van der Waals surface area contributed by atoms with Crippen LogP contribution in [-0.2, 0) is 27.3 Å². The number of methoxy groups -OCH3 is 1. The van der Waals surface area contributed by atoms with E-state index in [4.69, 9.17) is 9.47 Å². The maximum absolute atomic E-state index is 12.2. The molecule has 166 valence electrons. The summed E-state index contributed by atoms with van der Waals surface area (Å²) in [5.74, 6) is 0.796. The fourth-order valence-electron chi connectivity index (χ4n) is 3.41. The molecule has 2 amide bonds. The molecule has 7 heteroatoms. The van der Waals surface area contributed by atoms with Gasteiger partial charge in [-0.25, -0.2) is 0 Å². The molecule has 7 nitrogen and oxygen atoms in total. The number of rotatable bonds is 10. The van der Waals surface area contributed by atoms with E-state index in [-0.39, 0.29) is 11.8 Å². The second kappa shape index (κ2) is 12.1. The zero-order valence-corrected chi connectivity index (χ0v) is 18.1. The van der Waals surface area contributed by atoms with Crippen molar-refractivity contribution in [1.82, 2.24) is 10.2 Å². The molecule has 1 aliphatic heterocycles. The molecule has 0 radical (unpaired) electrons. The van der Waals surface area contributed by atoms with E-state index in [0.29, 0.717) is 25.8 Å². The molecule has 3 rings (SSSR count). The molecule has 1 heterocycles. The van der Waals surface area contributed by atoms with Gasteiger partial charge in [0.15, 0.2) is 0 Å². The lowest BCUT2D eigenvalue weighted by atomic mass is 10.1. The van der Waals surface area contributed by atoms with Gasteiger partial charge in [0.25, 0.3) is 0 Å². The summed E-state index contributed by atoms with van der Waals surface area (Å²) in [6, 6.07) is 15.3. The minimum Gasteiger partial charge on any atom is -0.497 e. The molecule has 0 unspecified atom stereocenters. The van der Waals surface area contributed by atoms with E-state index in [1.165, 1.54) is 0 Å². The van der Waals surface area contributed by atoms with Crippen LogP contribution in [0.1, 0.15) is 24.0 Å². The highest BCUT2D eigenvalue weighted by molar-refractivity contribution is 5.90. The van der Waals surface area contributed by atoms with Crippen LogP contribution in [0.2, 0.25) is 0 Å². The third kappa shape index (κ3) is 8.03. The Morgan fingerprint density at radius 3 is 2.52 bits per heavy atom. The number of carbonyl (C=O) groups excluding carboxylic acids is 2. The van der Waals surface area contributed by atoms with Crippen molar-refractivity contribution in [2.24, 2.45) is 0 Å². The number of nitrogens with zero attached hydrogens (tertiary/aromatic N) is 1. The molecule has 2 aromatic rings. The van der Waals surface area contributed by atoms with Crippen LogP contribution < -0.4 is 15.4 Å². The molecule has 2 aromatic carbocycles. The van der Waals surface area contributed by atoms with Gasteiger partial charge in [0, 0.05) is 44.7 Å². The smallest absolute Gasteiger partial charge is 0.225 e. The van der Waals surface area contributed by atoms with Gasteiger partial charge in [-0.05, 0) is 41.8 Å². The van der Waals surface area contributed by atoms with Crippen LogP contribution in [0, 0.1) is 0 Å². The van der Waals surface area contributed by atoms with Crippen molar-refractivity contribution in [1.29, 1.82) is 0 Å². The normalized spacial score (nSPS) is 14.1. The largest absolute Gasteiger partial charge is 0.497 e. The lowest BCUT2D eigenvalue weighted by Crippen LogP contribution is -2.38. The summed E-state index contributed by atoms with van der Waals surface area (Å²) in [7, 11) is 1.63. The van der Waals surface area contributed by atoms with Crippen molar-refractivity contribution < 1.29 is 19.1 Å². The van der Waals surface area contributed by atoms with Gasteiger partial charge in [-0.15, -0.1) is 0 Å². The molecule has 0 spiro atoms. The molecule has 0 saturated carbocycles. The van der Waals surface area contributed by atoms with E-state index < -0.39 is 0 Å². The lowest BCUT2D eigenvalue weighted by Gasteiger charge is -2.26. The first-order chi connectivity index (χ1) is 15.1. The van der Waals surface area contributed by atoms with Gasteiger partial charge in [0.05, 0.1) is 20.3 Å². The molecule has 1 aliphatic rings. The van der Waals surface area contributed by atoms with Crippen molar-refractivity contribution >= 4 is 17.5 Å². The van der Waals surface area contributed by atoms with Crippen molar-refractivity contribution in [3.05, 3.63) is 59.7 Å². The molecule has 31 heavy (non-hydrogen) atoms. The third-order valence-corrected chi connectivity index (χ3v) is 5.26. The van der Waals surface area contributed by atoms with E-state index in [0.717, 1.165) is 55.4 Å². The lowest BCUT2D eigenvalue weighted by molar-refractivity contribution is -0.121. The molecule has 0 bridgehead atoms. The molecule has 1 fully saturated rings. The number of aryl methyl sites for hydroxylation is 1. The van der Waals surface area contributed by atoms with Gasteiger partial charge in [-0.1, -0.05) is 24.3 Å². The number of benzene rings is 2. The van der Waals surface area contributed by atoms with Gasteiger partial charge in [0.1, 0.15) is 5.75 Å². The van der Waals surface area contributed by atoms with Crippen molar-refractivity contribution in [2.75, 3.05) is 45.3 Å². The van der Waals surface area contributed by atoms with Crippen LogP contribution in [0.25, 0.3) is 0 Å². The second-order valence-corrected chi connectivity index (χ2v) is 7.58. The monoisotopic (exact) mass is 425 g/mol. The second-order valence-electron chi connectivity index (χ2n) is 7.58. The summed E-state index contributed by atoms with van der Waals surface area (Å²) in [5.41, 5.74) is 2.79. The van der Waals surface area contributed by atoms with Gasteiger partial charge >= 0.3 is 0 Å². The van der Waals surface area contributed by atoms with Crippen LogP contribution in [0.4, 0.5) is 5.69 Å². The van der Waals surface area contributed by atoms with Gasteiger partial charge in [-0.3, -0.25) is 14.5 Å². The first-order valence-electron chi connectivity index (χ1n) is 10.7. The zero-order chi connectivity index (χ0) is 21.9. The highest BCUT2D eigenvalue weighted by atomic mass is 16.5. The number of hydrogen-bond acceptors (Lipinski definition) is 5. The first kappa shape index (κ1) is 22.8. The predicted molar refractivity (Wildman–Crippen MR) is 120 cm³/mol. The van der Waals surface area contributed by atoms with E-state index in [9.17, 15) is 9.59 Å². The number of ether oxygens (including phenoxy) is 2. The number of anilines is 1. The Hall–Kier alpha value is -2.90. The topological polar surface area (TPSA) is 79.9 Å². The summed E-state index contributed by atoms with van der Waals surface area (Å²) in [4.78, 5) is 26.7. The summed E-state index contributed by atoms with van der Waals surface area (Å²) < 4.78 is 10.5. The van der Waals surface area contributed by atoms with Gasteiger partial charge in [0.2, 0.25) is 11.8 Å². The number of nitrogens with one attached hydrogen (secondary N) is 2. The molecule has 0 aliphatic carbocycles. The maximum Gasteiger partial charge on any atom is 0.225 e. The van der Waals surface area contributed by atoms with Gasteiger partial charge in [-0.2, -0.15) is 0 Å². The third-order valence-electron chi connectivity index (χ3n) is 5.26. The number of amides is 2. The summed E-state index contributed by atoms with van der Waals surface area (Å²) in [6.07, 6.45) is 1.55. The Bertz CT molecular complexity index is 848. The fourth-order valence-corrected chi connectivity index (χ4v) is 3.41. The Morgan fingerprint density at radius 1 is 1.00 bits per heavy atom. The quantitative estimate of drug-likeness (QED) is 0.612. The van der Waals surface area contributed by atoms with Crippen LogP contribution >= 0.6 is 0 Å². The van der Waals surface area contributed by atoms with Crippen molar-refractivity contribution in [3.63, 3.8) is 0 Å². The Balaban J connectivity index is 1.38. The van der Waals surface area contributed by atoms with E-state index >= 15 is 0 Å². The highest BCUT2D eigenvalue weighted by Gasteiger charge is 2.12. The van der Waals surface area contributed by atoms with E-state index in [1.54, 1.807) is 7.11 Å². The standard InChI is InChI=1S/C24H31N3O4/c1-30-22-8-5-19(6-9-22)7-10-23(28)25-18-20-3-2-4-21(17-20)26-24(29)11-12-27-13-15-31-16-14-27/h2-6,8-9,17H,7,10-16,18H2,1H3,(H,25,28)(H,26,29). The summed E-state index contributed by atoms with van der Waals surface area (Å²) in [6.45, 7) is 4.38. The maximum atomic E-state index is 12.2. The van der Waals surface area contributed by atoms with Crippen LogP contribution in [-0.4, -0.2) is 56.7 Å². The molecule has 2 N–H and O–H groups in total. The predicted octanol–water partition coefficient (Wildman–Crippen LogP) is 2.61. The molecule has 0 aromatic heterocycles. The minimum atomic E-state index is -0.00725. The van der Waals surface area contributed by atoms with Crippen LogP contribution in [0.3, 0.4) is 0 Å². The molecular weight excluding hydrogens is 394 g/mol. The Kier molecular flexibility index (Phi) is 8.87. The van der Waals surface area contributed by atoms with E-state index in [1.807, 2.05) is 48.5 Å². The molecule has 1 saturated heterocycles. The molecule has 0 atom stereocenters. The van der Waals surface area contributed by atoms with Crippen molar-refractivity contribution in [2.45, 2.75) is 25.8 Å². The van der Waals surface area contributed by atoms with Gasteiger partial charge < -0.3 is 20.1 Å². The number of carbonyl (C=O) groups is 2. The SMILES string of the molecule is COc1ccc(CCC(=O)NCc2cccc(NC(=O)CCN3CCOCC3)c2)cc1. The summed E-state index contributed by atoms with van der Waals surface area (Å²) >= 11 is 0. The van der Waals surface area contributed by atoms with E-state index in [2.05, 4.69) is 15.5 Å². The van der Waals surface area contributed by atoms with Crippen LogP contribution in [0.15, 0.2) is 48.5 Å². The number of hydrogen-bond donors (Lipinski definition) is 2. The Labute approximate surface area is 183 Å². The van der Waals surface area contributed by atoms with Crippen molar-refractivity contribution in [3.8, 4) is 5.75 Å². The number of morpholine rings is 1. The molecular formula is C24H31N3O4. The first-order valence-corrected chi connectivity index (χ1v) is 10.7. The summed E-state index contributed by atoms with van der Waals surface area (Å²) in [5, 5.41) is 5.89.